The quantitative estimate of drug-likeness (QED) is 0.725. The summed E-state index contributed by atoms with van der Waals surface area (Å²) < 4.78 is 0. The van der Waals surface area contributed by atoms with E-state index >= 15 is 0 Å². The van der Waals surface area contributed by atoms with Crippen molar-refractivity contribution in [2.75, 3.05) is 32.7 Å². The molecule has 1 saturated heterocycles. The maximum atomic E-state index is 12.0. The topological polar surface area (TPSA) is 72.8 Å². The minimum absolute atomic E-state index is 0.285. The van der Waals surface area contributed by atoms with E-state index in [0.29, 0.717) is 11.5 Å². The van der Waals surface area contributed by atoms with Gasteiger partial charge in [0.1, 0.15) is 0 Å². The lowest BCUT2D eigenvalue weighted by molar-refractivity contribution is -0.161. The van der Waals surface area contributed by atoms with E-state index in [9.17, 15) is 15.0 Å². The molecule has 3 rings (SSSR count). The summed E-state index contributed by atoms with van der Waals surface area (Å²) in [6, 6.07) is 5.81. The van der Waals surface area contributed by atoms with Crippen LogP contribution in [0.1, 0.15) is 49.3 Å². The van der Waals surface area contributed by atoms with Crippen LogP contribution in [0.15, 0.2) is 18.2 Å². The Morgan fingerprint density at radius 3 is 2.58 bits per heavy atom. The van der Waals surface area contributed by atoms with Gasteiger partial charge in [0.15, 0.2) is 5.60 Å². The van der Waals surface area contributed by atoms with Gasteiger partial charge in [0, 0.05) is 13.1 Å². The molecular weight excluding hydrogens is 328 g/mol. The van der Waals surface area contributed by atoms with Gasteiger partial charge in [0.25, 0.3) is 0 Å². The van der Waals surface area contributed by atoms with Crippen LogP contribution in [0.3, 0.4) is 0 Å². The van der Waals surface area contributed by atoms with Crippen LogP contribution in [-0.4, -0.2) is 53.8 Å². The summed E-state index contributed by atoms with van der Waals surface area (Å²) in [5.74, 6) is -0.628. The smallest absolute Gasteiger partial charge is 0.340 e. The van der Waals surface area contributed by atoms with E-state index in [1.165, 1.54) is 11.1 Å². The Morgan fingerprint density at radius 1 is 1.23 bits per heavy atom. The molecule has 0 spiro atoms. The summed E-state index contributed by atoms with van der Waals surface area (Å²) in [6.07, 6.45) is 5.07. The van der Waals surface area contributed by atoms with Gasteiger partial charge in [0.2, 0.25) is 0 Å². The van der Waals surface area contributed by atoms with E-state index in [1.54, 1.807) is 0 Å². The van der Waals surface area contributed by atoms with Crippen molar-refractivity contribution in [1.29, 1.82) is 0 Å². The first-order valence-corrected chi connectivity index (χ1v) is 10.0. The monoisotopic (exact) mass is 360 g/mol. The van der Waals surface area contributed by atoms with Crippen LogP contribution in [0.25, 0.3) is 0 Å². The highest BCUT2D eigenvalue weighted by Gasteiger charge is 2.38. The lowest BCUT2D eigenvalue weighted by atomic mass is 9.82. The second-order valence-electron chi connectivity index (χ2n) is 7.82. The van der Waals surface area contributed by atoms with Crippen molar-refractivity contribution < 1.29 is 15.0 Å². The van der Waals surface area contributed by atoms with Gasteiger partial charge in [-0.05, 0) is 80.8 Å². The number of aliphatic hydroxyl groups is 1. The molecule has 0 aromatic heterocycles. The third kappa shape index (κ3) is 4.27. The van der Waals surface area contributed by atoms with Gasteiger partial charge >= 0.3 is 5.97 Å². The van der Waals surface area contributed by atoms with Crippen LogP contribution in [0.5, 0.6) is 0 Å². The zero-order chi connectivity index (χ0) is 18.6. The fourth-order valence-corrected chi connectivity index (χ4v) is 4.30. The Labute approximate surface area is 156 Å². The number of hydrogen-bond acceptors (Lipinski definition) is 4. The number of piperidine rings is 1. The van der Waals surface area contributed by atoms with E-state index in [1.807, 2.05) is 18.2 Å². The molecule has 1 fully saturated rings. The average Bonchev–Trinajstić information content (AvgIpc) is 2.88. The van der Waals surface area contributed by atoms with E-state index in [-0.39, 0.29) is 6.42 Å². The molecule has 5 nitrogen and oxygen atoms in total. The van der Waals surface area contributed by atoms with Crippen LogP contribution in [0.4, 0.5) is 0 Å². The van der Waals surface area contributed by atoms with Crippen molar-refractivity contribution in [3.05, 3.63) is 34.9 Å². The summed E-state index contributed by atoms with van der Waals surface area (Å²) in [5.41, 5.74) is 1.25. The molecule has 1 atom stereocenters. The predicted octanol–water partition coefficient (Wildman–Crippen LogP) is 2.16. The third-order valence-electron chi connectivity index (χ3n) is 6.25. The maximum absolute atomic E-state index is 12.0. The maximum Gasteiger partial charge on any atom is 0.340 e. The Kier molecular flexibility index (Phi) is 6.33. The van der Waals surface area contributed by atoms with Crippen molar-refractivity contribution in [2.45, 2.75) is 51.0 Å². The Hall–Kier alpha value is -1.43. The first-order valence-electron chi connectivity index (χ1n) is 10.0. The molecule has 2 aliphatic heterocycles. The highest BCUT2D eigenvalue weighted by molar-refractivity contribution is 5.79. The van der Waals surface area contributed by atoms with Gasteiger partial charge in [-0.15, -0.1) is 0 Å². The number of likely N-dealkylation sites (N-methyl/N-ethyl adjacent to an activating group) is 1. The number of benzene rings is 1. The zero-order valence-corrected chi connectivity index (χ0v) is 15.8. The molecule has 0 saturated carbocycles. The SMILES string of the molecule is CCN1CCc2ccc(C(O)(CCC3CCNCC3)C(=O)O)cc2CC1. The van der Waals surface area contributed by atoms with E-state index in [0.717, 1.165) is 64.8 Å². The highest BCUT2D eigenvalue weighted by atomic mass is 16.4. The molecular formula is C21H32N2O3. The second-order valence-corrected chi connectivity index (χ2v) is 7.82. The van der Waals surface area contributed by atoms with Crippen LogP contribution < -0.4 is 5.32 Å². The first kappa shape index (κ1) is 19.3. The lowest BCUT2D eigenvalue weighted by Gasteiger charge is -2.29. The molecule has 5 heteroatoms. The summed E-state index contributed by atoms with van der Waals surface area (Å²) in [6.45, 7) is 7.22. The van der Waals surface area contributed by atoms with Gasteiger partial charge in [-0.3, -0.25) is 0 Å². The molecule has 0 aliphatic carbocycles. The van der Waals surface area contributed by atoms with Crippen molar-refractivity contribution >= 4 is 5.97 Å². The minimum Gasteiger partial charge on any atom is -0.479 e. The average molecular weight is 360 g/mol. The summed E-state index contributed by atoms with van der Waals surface area (Å²) in [5, 5.41) is 24.2. The minimum atomic E-state index is -1.78. The molecule has 1 aromatic rings. The summed E-state index contributed by atoms with van der Waals surface area (Å²) >= 11 is 0. The van der Waals surface area contributed by atoms with Crippen molar-refractivity contribution in [3.63, 3.8) is 0 Å². The zero-order valence-electron chi connectivity index (χ0n) is 15.8. The summed E-state index contributed by atoms with van der Waals surface area (Å²) in [4.78, 5) is 14.4. The number of rotatable bonds is 6. The van der Waals surface area contributed by atoms with Crippen LogP contribution >= 0.6 is 0 Å². The van der Waals surface area contributed by atoms with E-state index in [4.69, 9.17) is 0 Å². The Morgan fingerprint density at radius 2 is 1.92 bits per heavy atom. The molecule has 0 amide bonds. The van der Waals surface area contributed by atoms with Crippen LogP contribution in [0.2, 0.25) is 0 Å². The third-order valence-corrected chi connectivity index (χ3v) is 6.25. The standard InChI is InChI=1S/C21H32N2O3/c1-2-23-13-8-17-3-4-19(15-18(17)9-14-23)21(26,20(24)25)10-5-16-6-11-22-12-7-16/h3-4,15-16,22,26H,2,5-14H2,1H3,(H,24,25). The molecule has 2 aliphatic rings. The normalized spacial score (nSPS) is 21.6. The fraction of sp³-hybridized carbons (Fsp3) is 0.667. The largest absolute Gasteiger partial charge is 0.479 e. The lowest BCUT2D eigenvalue weighted by Crippen LogP contribution is -2.37. The molecule has 26 heavy (non-hydrogen) atoms. The van der Waals surface area contributed by atoms with Gasteiger partial charge < -0.3 is 20.4 Å². The number of nitrogens with zero attached hydrogens (tertiary/aromatic N) is 1. The van der Waals surface area contributed by atoms with Gasteiger partial charge in [-0.1, -0.05) is 25.1 Å². The van der Waals surface area contributed by atoms with Crippen LogP contribution in [0, 0.1) is 5.92 Å². The first-order chi connectivity index (χ1) is 12.5. The number of hydrogen-bond donors (Lipinski definition) is 3. The predicted molar refractivity (Wildman–Crippen MR) is 102 cm³/mol. The van der Waals surface area contributed by atoms with Gasteiger partial charge in [0.05, 0.1) is 0 Å². The molecule has 1 unspecified atom stereocenters. The second kappa shape index (κ2) is 8.51. The molecule has 3 N–H and O–H groups in total. The number of fused-ring (bicyclic) bond motifs is 1. The van der Waals surface area contributed by atoms with Gasteiger partial charge in [-0.25, -0.2) is 4.79 Å². The fourth-order valence-electron chi connectivity index (χ4n) is 4.30. The Bertz CT molecular complexity index is 628. The number of carboxylic acid groups (broad SMARTS) is 1. The molecule has 1 aromatic carbocycles. The van der Waals surface area contributed by atoms with Crippen molar-refractivity contribution in [2.24, 2.45) is 5.92 Å². The number of carboxylic acids is 1. The number of aliphatic carboxylic acids is 1. The van der Waals surface area contributed by atoms with E-state index in [2.05, 4.69) is 17.1 Å². The number of nitrogens with one attached hydrogen (secondary N) is 1. The molecule has 0 bridgehead atoms. The Balaban J connectivity index is 1.77. The van der Waals surface area contributed by atoms with Crippen molar-refractivity contribution in [3.8, 4) is 0 Å². The van der Waals surface area contributed by atoms with Crippen molar-refractivity contribution in [1.82, 2.24) is 10.2 Å². The van der Waals surface area contributed by atoms with Gasteiger partial charge in [-0.2, -0.15) is 0 Å². The summed E-state index contributed by atoms with van der Waals surface area (Å²) in [7, 11) is 0. The van der Waals surface area contributed by atoms with E-state index < -0.39 is 11.6 Å². The molecule has 2 heterocycles. The number of carbonyl (C=O) groups is 1. The van der Waals surface area contributed by atoms with Crippen LogP contribution in [-0.2, 0) is 23.2 Å². The molecule has 144 valence electrons. The highest BCUT2D eigenvalue weighted by Crippen LogP contribution is 2.32. The molecule has 0 radical (unpaired) electrons.